The maximum atomic E-state index is 12.3. The minimum absolute atomic E-state index is 0.222. The van der Waals surface area contributed by atoms with Crippen LogP contribution in [0.15, 0.2) is 0 Å². The molecule has 0 amide bonds. The molecule has 1 rings (SSSR count). The Kier molecular flexibility index (Phi) is 17.1. The normalized spacial score (nSPS) is 25.3. The highest BCUT2D eigenvalue weighted by Crippen LogP contribution is 2.22. The Bertz CT molecular complexity index is 570. The quantitative estimate of drug-likeness (QED) is 0.151. The fraction of sp³-hybridized carbons (Fsp3) is 0.920. The number of carbonyl (C=O) groups excluding carboxylic acids is 2. The van der Waals surface area contributed by atoms with Gasteiger partial charge in [0.1, 0.15) is 31.0 Å². The Hall–Kier alpha value is -1.30. The van der Waals surface area contributed by atoms with Crippen LogP contribution in [0.25, 0.3) is 0 Å². The first kappa shape index (κ1) is 31.7. The van der Waals surface area contributed by atoms with Crippen LogP contribution >= 0.6 is 0 Å². The average Bonchev–Trinajstić information content (AvgIpc) is 2.84. The van der Waals surface area contributed by atoms with Crippen LogP contribution in [0.4, 0.5) is 0 Å². The zero-order chi connectivity index (χ0) is 26.1. The highest BCUT2D eigenvalue weighted by atomic mass is 16.7. The van der Waals surface area contributed by atoms with E-state index in [0.29, 0.717) is 12.8 Å². The smallest absolute Gasteiger partial charge is 0.306 e. The second-order valence-corrected chi connectivity index (χ2v) is 9.15. The largest absolute Gasteiger partial charge is 0.462 e. The van der Waals surface area contributed by atoms with Gasteiger partial charge in [-0.1, -0.05) is 65.2 Å². The van der Waals surface area contributed by atoms with Crippen molar-refractivity contribution in [3.8, 4) is 0 Å². The van der Waals surface area contributed by atoms with Crippen LogP contribution in [0.1, 0.15) is 90.9 Å². The number of ether oxygens (including phenoxy) is 4. The van der Waals surface area contributed by atoms with E-state index in [1.807, 2.05) is 6.92 Å². The summed E-state index contributed by atoms with van der Waals surface area (Å²) in [4.78, 5) is 24.1. The van der Waals surface area contributed by atoms with Crippen LogP contribution in [0.5, 0.6) is 0 Å². The van der Waals surface area contributed by atoms with Gasteiger partial charge in [0.25, 0.3) is 0 Å². The van der Waals surface area contributed by atoms with E-state index in [4.69, 9.17) is 18.9 Å². The van der Waals surface area contributed by atoms with Gasteiger partial charge in [0, 0.05) is 12.8 Å². The Morgan fingerprint density at radius 1 is 0.771 bits per heavy atom. The number of carbonyl (C=O) groups is 2. The van der Waals surface area contributed by atoms with E-state index in [2.05, 4.69) is 6.92 Å². The zero-order valence-corrected chi connectivity index (χ0v) is 21.3. The molecule has 4 N–H and O–H groups in total. The Labute approximate surface area is 208 Å². The molecule has 0 aromatic heterocycles. The van der Waals surface area contributed by atoms with Gasteiger partial charge in [0.15, 0.2) is 12.4 Å². The molecule has 1 heterocycles. The van der Waals surface area contributed by atoms with Gasteiger partial charge in [-0.15, -0.1) is 0 Å². The first-order chi connectivity index (χ1) is 16.8. The lowest BCUT2D eigenvalue weighted by molar-refractivity contribution is -0.305. The molecule has 0 spiro atoms. The first-order valence-corrected chi connectivity index (χ1v) is 13.1. The van der Waals surface area contributed by atoms with Gasteiger partial charge < -0.3 is 39.4 Å². The summed E-state index contributed by atoms with van der Waals surface area (Å²) in [6.07, 6.45) is 3.10. The van der Waals surface area contributed by atoms with Crippen molar-refractivity contribution in [2.75, 3.05) is 19.8 Å². The van der Waals surface area contributed by atoms with Crippen molar-refractivity contribution < 1.29 is 49.0 Å². The summed E-state index contributed by atoms with van der Waals surface area (Å²) in [7, 11) is 0. The van der Waals surface area contributed by atoms with E-state index in [1.54, 1.807) is 0 Å². The predicted molar refractivity (Wildman–Crippen MR) is 127 cm³/mol. The van der Waals surface area contributed by atoms with Gasteiger partial charge in [-0.3, -0.25) is 9.59 Å². The van der Waals surface area contributed by atoms with Crippen LogP contribution in [0, 0.1) is 0 Å². The number of aliphatic hydroxyl groups excluding tert-OH is 4. The van der Waals surface area contributed by atoms with E-state index in [9.17, 15) is 30.0 Å². The van der Waals surface area contributed by atoms with Crippen LogP contribution in [-0.4, -0.2) is 89.0 Å². The molecule has 0 saturated carbocycles. The molecule has 1 aliphatic heterocycles. The fourth-order valence-corrected chi connectivity index (χ4v) is 3.81. The number of aliphatic hydroxyl groups is 4. The predicted octanol–water partition coefficient (Wildman–Crippen LogP) is 1.98. The van der Waals surface area contributed by atoms with Crippen molar-refractivity contribution >= 4 is 11.9 Å². The third kappa shape index (κ3) is 13.0. The molecular formula is C25H46O10. The number of hydrogen-bond donors (Lipinski definition) is 4. The van der Waals surface area contributed by atoms with Gasteiger partial charge in [-0.25, -0.2) is 0 Å². The maximum absolute atomic E-state index is 12.3. The minimum atomic E-state index is -1.58. The maximum Gasteiger partial charge on any atom is 0.306 e. The molecule has 0 aromatic carbocycles. The standard InChI is InChI=1S/C25H46O10/c1-3-5-6-7-8-9-10-11-12-14-21(28)34-18(16-32-20(27)13-4-2)17-33-25-24(31)23(30)22(29)19(15-26)35-25/h18-19,22-26,29-31H,3-17H2,1-2H3/t18-,19-,22+,23+,24-,25-/m1/s1. The molecule has 0 unspecified atom stereocenters. The molecule has 10 heteroatoms. The molecule has 35 heavy (non-hydrogen) atoms. The third-order valence-electron chi connectivity index (χ3n) is 5.96. The molecule has 1 aliphatic rings. The van der Waals surface area contributed by atoms with Gasteiger partial charge >= 0.3 is 11.9 Å². The zero-order valence-electron chi connectivity index (χ0n) is 21.3. The molecule has 1 fully saturated rings. The molecular weight excluding hydrogens is 460 g/mol. The summed E-state index contributed by atoms with van der Waals surface area (Å²) in [6.45, 7) is 2.95. The third-order valence-corrected chi connectivity index (χ3v) is 5.96. The second kappa shape index (κ2) is 18.9. The summed E-state index contributed by atoms with van der Waals surface area (Å²) < 4.78 is 21.4. The van der Waals surface area contributed by atoms with Crippen LogP contribution < -0.4 is 0 Å². The molecule has 10 nitrogen and oxygen atoms in total. The lowest BCUT2D eigenvalue weighted by Gasteiger charge is -2.39. The van der Waals surface area contributed by atoms with E-state index >= 15 is 0 Å². The van der Waals surface area contributed by atoms with Gasteiger partial charge in [-0.05, 0) is 12.8 Å². The molecule has 0 aromatic rings. The number of hydrogen-bond acceptors (Lipinski definition) is 10. The van der Waals surface area contributed by atoms with Crippen molar-refractivity contribution in [1.29, 1.82) is 0 Å². The summed E-state index contributed by atoms with van der Waals surface area (Å²) in [6, 6.07) is 0. The Balaban J connectivity index is 2.47. The molecule has 0 bridgehead atoms. The van der Waals surface area contributed by atoms with Crippen LogP contribution in [0.3, 0.4) is 0 Å². The monoisotopic (exact) mass is 506 g/mol. The number of rotatable bonds is 19. The van der Waals surface area contributed by atoms with E-state index in [1.165, 1.54) is 32.1 Å². The van der Waals surface area contributed by atoms with E-state index in [0.717, 1.165) is 19.3 Å². The van der Waals surface area contributed by atoms with Crippen molar-refractivity contribution in [3.63, 3.8) is 0 Å². The summed E-state index contributed by atoms with van der Waals surface area (Å²) in [5.74, 6) is -0.873. The highest BCUT2D eigenvalue weighted by Gasteiger charge is 2.44. The van der Waals surface area contributed by atoms with Crippen LogP contribution in [-0.2, 0) is 28.5 Å². The number of esters is 2. The molecule has 206 valence electrons. The SMILES string of the molecule is CCCCCCCCCCCC(=O)O[C@H](COC(=O)CCC)CO[C@@H]1O[C@H](CO)[C@H](O)[C@H](O)[C@H]1O. The second-order valence-electron chi connectivity index (χ2n) is 9.15. The van der Waals surface area contributed by atoms with Gasteiger partial charge in [0.05, 0.1) is 13.2 Å². The molecule has 6 atom stereocenters. The number of unbranched alkanes of at least 4 members (excludes halogenated alkanes) is 8. The Morgan fingerprint density at radius 3 is 2.00 bits per heavy atom. The van der Waals surface area contributed by atoms with E-state index in [-0.39, 0.29) is 26.1 Å². The molecule has 0 aliphatic carbocycles. The topological polar surface area (TPSA) is 152 Å². The van der Waals surface area contributed by atoms with Crippen molar-refractivity contribution in [1.82, 2.24) is 0 Å². The molecule has 1 saturated heterocycles. The minimum Gasteiger partial charge on any atom is -0.462 e. The first-order valence-electron chi connectivity index (χ1n) is 13.1. The lowest BCUT2D eigenvalue weighted by Crippen LogP contribution is -2.59. The average molecular weight is 507 g/mol. The van der Waals surface area contributed by atoms with Crippen LogP contribution in [0.2, 0.25) is 0 Å². The van der Waals surface area contributed by atoms with Crippen molar-refractivity contribution in [2.45, 2.75) is 128 Å². The van der Waals surface area contributed by atoms with E-state index < -0.39 is 55.4 Å². The van der Waals surface area contributed by atoms with Gasteiger partial charge in [-0.2, -0.15) is 0 Å². The molecule has 0 radical (unpaired) electrons. The van der Waals surface area contributed by atoms with Gasteiger partial charge in [0.2, 0.25) is 0 Å². The fourth-order valence-electron chi connectivity index (χ4n) is 3.81. The van der Waals surface area contributed by atoms with Crippen molar-refractivity contribution in [3.05, 3.63) is 0 Å². The van der Waals surface area contributed by atoms with Crippen molar-refractivity contribution in [2.24, 2.45) is 0 Å². The Morgan fingerprint density at radius 2 is 1.40 bits per heavy atom. The lowest BCUT2D eigenvalue weighted by atomic mass is 9.99. The summed E-state index contributed by atoms with van der Waals surface area (Å²) >= 11 is 0. The summed E-state index contributed by atoms with van der Waals surface area (Å²) in [5.41, 5.74) is 0. The summed E-state index contributed by atoms with van der Waals surface area (Å²) in [5, 5.41) is 39.2. The highest BCUT2D eigenvalue weighted by molar-refractivity contribution is 5.70.